The average Bonchev–Trinajstić information content (AvgIpc) is 2.19. The molecule has 14 heavy (non-hydrogen) atoms. The number of nitriles is 2. The van der Waals surface area contributed by atoms with Gasteiger partial charge in [0.2, 0.25) is 0 Å². The Hall–Kier alpha value is -2.33. The monoisotopic (exact) mass is 184 g/mol. The first-order valence-electron chi connectivity index (χ1n) is 3.97. The third-order valence-corrected chi connectivity index (χ3v) is 1.49. The zero-order valence-electron chi connectivity index (χ0n) is 7.65. The van der Waals surface area contributed by atoms with E-state index < -0.39 is 0 Å². The third-order valence-electron chi connectivity index (χ3n) is 1.49. The highest BCUT2D eigenvalue weighted by molar-refractivity contribution is 5.44. The molecular weight excluding hydrogens is 176 g/mol. The maximum absolute atomic E-state index is 8.46. The lowest BCUT2D eigenvalue weighted by atomic mass is 10.3. The van der Waals surface area contributed by atoms with Gasteiger partial charge in [-0.05, 0) is 19.1 Å². The van der Waals surface area contributed by atoms with Gasteiger partial charge in [0.1, 0.15) is 23.5 Å². The SMILES string of the molecule is Cc1cccc(NC=C(C#N)C#N)n1. The lowest BCUT2D eigenvalue weighted by Gasteiger charge is -1.99. The van der Waals surface area contributed by atoms with Gasteiger partial charge in [0.05, 0.1) is 0 Å². The normalized spacial score (nSPS) is 8.21. The Balaban J connectivity index is 2.77. The average molecular weight is 184 g/mol. The molecule has 0 aromatic carbocycles. The number of nitrogens with one attached hydrogen (secondary N) is 1. The predicted octanol–water partition coefficient (Wildman–Crippen LogP) is 1.73. The molecule has 0 atom stereocenters. The van der Waals surface area contributed by atoms with Crippen molar-refractivity contribution in [3.8, 4) is 12.1 Å². The molecule has 0 spiro atoms. The van der Waals surface area contributed by atoms with Crippen LogP contribution in [0.25, 0.3) is 0 Å². The molecule has 0 unspecified atom stereocenters. The molecule has 0 aliphatic carbocycles. The minimum Gasteiger partial charge on any atom is -0.345 e. The van der Waals surface area contributed by atoms with Crippen LogP contribution in [0.1, 0.15) is 5.69 Å². The quantitative estimate of drug-likeness (QED) is 0.710. The summed E-state index contributed by atoms with van der Waals surface area (Å²) in [5.74, 6) is 0.619. The molecule has 0 saturated carbocycles. The number of aryl methyl sites for hydroxylation is 1. The predicted molar refractivity (Wildman–Crippen MR) is 51.9 cm³/mol. The number of allylic oxidation sites excluding steroid dienone is 1. The summed E-state index contributed by atoms with van der Waals surface area (Å²) in [7, 11) is 0. The Morgan fingerprint density at radius 3 is 2.71 bits per heavy atom. The van der Waals surface area contributed by atoms with Crippen LogP contribution < -0.4 is 5.32 Å². The zero-order valence-corrected chi connectivity index (χ0v) is 7.65. The van der Waals surface area contributed by atoms with E-state index in [9.17, 15) is 0 Å². The van der Waals surface area contributed by atoms with E-state index in [1.807, 2.05) is 19.1 Å². The second-order valence-corrected chi connectivity index (χ2v) is 2.59. The lowest BCUT2D eigenvalue weighted by Crippen LogP contribution is -1.93. The molecule has 0 fully saturated rings. The highest BCUT2D eigenvalue weighted by Gasteiger charge is 1.93. The Kier molecular flexibility index (Phi) is 3.23. The van der Waals surface area contributed by atoms with Crippen molar-refractivity contribution in [2.75, 3.05) is 5.32 Å². The van der Waals surface area contributed by atoms with E-state index in [2.05, 4.69) is 10.3 Å². The van der Waals surface area contributed by atoms with Crippen molar-refractivity contribution in [2.24, 2.45) is 0 Å². The molecule has 0 saturated heterocycles. The fourth-order valence-electron chi connectivity index (χ4n) is 0.859. The van der Waals surface area contributed by atoms with Crippen LogP contribution in [0.5, 0.6) is 0 Å². The van der Waals surface area contributed by atoms with Gasteiger partial charge in [-0.25, -0.2) is 4.98 Å². The first-order valence-corrected chi connectivity index (χ1v) is 3.97. The molecule has 1 aromatic heterocycles. The molecule has 4 heteroatoms. The zero-order chi connectivity index (χ0) is 10.4. The van der Waals surface area contributed by atoms with Crippen molar-refractivity contribution in [1.29, 1.82) is 10.5 Å². The molecule has 1 N–H and O–H groups in total. The molecule has 4 nitrogen and oxygen atoms in total. The van der Waals surface area contributed by atoms with E-state index in [1.165, 1.54) is 6.20 Å². The maximum atomic E-state index is 8.46. The Morgan fingerprint density at radius 1 is 1.43 bits per heavy atom. The summed E-state index contributed by atoms with van der Waals surface area (Å²) in [5.41, 5.74) is 0.896. The number of hydrogen-bond donors (Lipinski definition) is 1. The summed E-state index contributed by atoms with van der Waals surface area (Å²) in [6.45, 7) is 1.87. The molecule has 1 aromatic rings. The fraction of sp³-hybridized carbons (Fsp3) is 0.100. The number of rotatable bonds is 2. The smallest absolute Gasteiger partial charge is 0.145 e. The van der Waals surface area contributed by atoms with Gasteiger partial charge < -0.3 is 5.32 Å². The van der Waals surface area contributed by atoms with Crippen molar-refractivity contribution in [2.45, 2.75) is 6.92 Å². The summed E-state index contributed by atoms with van der Waals surface area (Å²) < 4.78 is 0. The molecular formula is C10H8N4. The van der Waals surface area contributed by atoms with Gasteiger partial charge in [0.25, 0.3) is 0 Å². The van der Waals surface area contributed by atoms with Crippen molar-refractivity contribution in [1.82, 2.24) is 4.98 Å². The molecule has 0 amide bonds. The van der Waals surface area contributed by atoms with Crippen molar-refractivity contribution < 1.29 is 0 Å². The second kappa shape index (κ2) is 4.64. The van der Waals surface area contributed by atoms with Crippen molar-refractivity contribution in [3.05, 3.63) is 35.7 Å². The van der Waals surface area contributed by atoms with E-state index in [1.54, 1.807) is 18.2 Å². The maximum Gasteiger partial charge on any atom is 0.145 e. The largest absolute Gasteiger partial charge is 0.345 e. The standard InChI is InChI=1S/C10H8N4/c1-8-3-2-4-10(14-8)13-7-9(5-11)6-12/h2-4,7H,1H3,(H,13,14). The minimum absolute atomic E-state index is 0.0216. The van der Waals surface area contributed by atoms with Gasteiger partial charge >= 0.3 is 0 Å². The Morgan fingerprint density at radius 2 is 2.14 bits per heavy atom. The van der Waals surface area contributed by atoms with Crippen LogP contribution in [0.2, 0.25) is 0 Å². The molecule has 0 aliphatic rings. The third kappa shape index (κ3) is 2.62. The Bertz CT molecular complexity index is 418. The van der Waals surface area contributed by atoms with Crippen LogP contribution in [0, 0.1) is 29.6 Å². The van der Waals surface area contributed by atoms with Gasteiger partial charge in [-0.2, -0.15) is 10.5 Å². The molecule has 1 heterocycles. The number of nitrogens with zero attached hydrogens (tertiary/aromatic N) is 3. The van der Waals surface area contributed by atoms with Crippen LogP contribution in [-0.2, 0) is 0 Å². The minimum atomic E-state index is 0.0216. The van der Waals surface area contributed by atoms with E-state index in [-0.39, 0.29) is 5.57 Å². The number of aromatic nitrogens is 1. The summed E-state index contributed by atoms with van der Waals surface area (Å²) in [4.78, 5) is 4.14. The van der Waals surface area contributed by atoms with Gasteiger partial charge in [0.15, 0.2) is 0 Å². The molecule has 1 rings (SSSR count). The van der Waals surface area contributed by atoms with Crippen LogP contribution in [0.15, 0.2) is 30.0 Å². The van der Waals surface area contributed by atoms with Crippen molar-refractivity contribution >= 4 is 5.82 Å². The van der Waals surface area contributed by atoms with Crippen LogP contribution in [0.3, 0.4) is 0 Å². The summed E-state index contributed by atoms with van der Waals surface area (Å²) in [6.07, 6.45) is 1.34. The number of pyridine rings is 1. The number of anilines is 1. The highest BCUT2D eigenvalue weighted by Crippen LogP contribution is 2.04. The van der Waals surface area contributed by atoms with Gasteiger partial charge in [-0.3, -0.25) is 0 Å². The second-order valence-electron chi connectivity index (χ2n) is 2.59. The fourth-order valence-corrected chi connectivity index (χ4v) is 0.859. The molecule has 0 aliphatic heterocycles. The van der Waals surface area contributed by atoms with Gasteiger partial charge in [-0.1, -0.05) is 6.07 Å². The van der Waals surface area contributed by atoms with Crippen molar-refractivity contribution in [3.63, 3.8) is 0 Å². The summed E-state index contributed by atoms with van der Waals surface area (Å²) >= 11 is 0. The topological polar surface area (TPSA) is 72.5 Å². The highest BCUT2D eigenvalue weighted by atomic mass is 15.0. The first kappa shape index (κ1) is 9.76. The summed E-state index contributed by atoms with van der Waals surface area (Å²) in [5, 5.41) is 19.7. The van der Waals surface area contributed by atoms with E-state index in [0.29, 0.717) is 5.82 Å². The molecule has 0 bridgehead atoms. The van der Waals surface area contributed by atoms with Gasteiger partial charge in [0, 0.05) is 11.9 Å². The lowest BCUT2D eigenvalue weighted by molar-refractivity contribution is 1.20. The van der Waals surface area contributed by atoms with E-state index in [0.717, 1.165) is 5.69 Å². The molecule has 68 valence electrons. The first-order chi connectivity index (χ1) is 6.76. The van der Waals surface area contributed by atoms with Crippen LogP contribution in [0.4, 0.5) is 5.82 Å². The summed E-state index contributed by atoms with van der Waals surface area (Å²) in [6, 6.07) is 8.96. The Labute approximate surface area is 82.1 Å². The van der Waals surface area contributed by atoms with E-state index >= 15 is 0 Å². The molecule has 0 radical (unpaired) electrons. The van der Waals surface area contributed by atoms with E-state index in [4.69, 9.17) is 10.5 Å². The number of hydrogen-bond acceptors (Lipinski definition) is 4. The van der Waals surface area contributed by atoms with Crippen LogP contribution >= 0.6 is 0 Å². The van der Waals surface area contributed by atoms with Crippen LogP contribution in [-0.4, -0.2) is 4.98 Å². The van der Waals surface area contributed by atoms with Gasteiger partial charge in [-0.15, -0.1) is 0 Å².